The van der Waals surface area contributed by atoms with Gasteiger partial charge in [-0.1, -0.05) is 19.4 Å². The Morgan fingerprint density at radius 3 is 2.79 bits per heavy atom. The Labute approximate surface area is 85.8 Å². The van der Waals surface area contributed by atoms with Gasteiger partial charge in [-0.05, 0) is 25.7 Å². The van der Waals surface area contributed by atoms with Gasteiger partial charge in [0.05, 0.1) is 0 Å². The van der Waals surface area contributed by atoms with Crippen LogP contribution in [0.2, 0.25) is 0 Å². The average molecular weight is 215 g/mol. The predicted molar refractivity (Wildman–Crippen MR) is 56.2 cm³/mol. The van der Waals surface area contributed by atoms with E-state index in [1.807, 2.05) is 0 Å². The number of sulfonamides is 1. The van der Waals surface area contributed by atoms with Crippen LogP contribution in [0.4, 0.5) is 0 Å². The quantitative estimate of drug-likeness (QED) is 0.703. The van der Waals surface area contributed by atoms with Crippen molar-refractivity contribution >= 4 is 10.0 Å². The van der Waals surface area contributed by atoms with Crippen molar-refractivity contribution < 1.29 is 8.42 Å². The van der Waals surface area contributed by atoms with E-state index < -0.39 is 10.0 Å². The van der Waals surface area contributed by atoms with E-state index in [0.717, 1.165) is 18.2 Å². The molecule has 4 heteroatoms. The molecule has 0 radical (unpaired) electrons. The first-order valence-corrected chi connectivity index (χ1v) is 6.66. The van der Waals surface area contributed by atoms with Gasteiger partial charge in [-0.2, -0.15) is 4.31 Å². The smallest absolute Gasteiger partial charge is 0.208 e. The maximum Gasteiger partial charge on any atom is 0.236 e. The third-order valence-electron chi connectivity index (χ3n) is 3.84. The second-order valence-electron chi connectivity index (χ2n) is 4.54. The normalized spacial score (nSPS) is 38.5. The summed E-state index contributed by atoms with van der Waals surface area (Å²) in [7, 11) is -3.19. The second-order valence-corrected chi connectivity index (χ2v) is 6.35. The fourth-order valence-electron chi connectivity index (χ4n) is 2.79. The molecule has 3 nitrogen and oxygen atoms in total. The molecule has 0 aromatic carbocycles. The van der Waals surface area contributed by atoms with Crippen LogP contribution in [0.3, 0.4) is 0 Å². The Bertz CT molecular complexity index is 349. The van der Waals surface area contributed by atoms with Crippen LogP contribution >= 0.6 is 0 Å². The van der Waals surface area contributed by atoms with Crippen molar-refractivity contribution in [2.24, 2.45) is 5.92 Å². The van der Waals surface area contributed by atoms with Crippen LogP contribution in [-0.2, 0) is 10.0 Å². The van der Waals surface area contributed by atoms with Crippen molar-refractivity contribution in [3.8, 4) is 0 Å². The molecule has 2 aliphatic rings. The fraction of sp³-hybridized carbons (Fsp3) is 0.800. The van der Waals surface area contributed by atoms with Crippen molar-refractivity contribution in [1.82, 2.24) is 4.31 Å². The minimum atomic E-state index is -3.19. The Morgan fingerprint density at radius 2 is 2.21 bits per heavy atom. The van der Waals surface area contributed by atoms with Gasteiger partial charge in [0.1, 0.15) is 0 Å². The lowest BCUT2D eigenvalue weighted by atomic mass is 9.68. The van der Waals surface area contributed by atoms with Crippen molar-refractivity contribution in [3.63, 3.8) is 0 Å². The first-order chi connectivity index (χ1) is 6.50. The van der Waals surface area contributed by atoms with Gasteiger partial charge in [0.25, 0.3) is 0 Å². The Morgan fingerprint density at radius 1 is 1.50 bits per heavy atom. The first kappa shape index (κ1) is 10.2. The highest BCUT2D eigenvalue weighted by Gasteiger charge is 2.54. The molecule has 1 saturated heterocycles. The Kier molecular flexibility index (Phi) is 2.23. The first-order valence-electron chi connectivity index (χ1n) is 5.16. The van der Waals surface area contributed by atoms with E-state index in [4.69, 9.17) is 0 Å². The van der Waals surface area contributed by atoms with E-state index in [2.05, 4.69) is 13.5 Å². The molecular weight excluding hydrogens is 198 g/mol. The predicted octanol–water partition coefficient (Wildman–Crippen LogP) is 1.72. The summed E-state index contributed by atoms with van der Waals surface area (Å²) in [6.07, 6.45) is 4.59. The molecule has 1 aliphatic heterocycles. The van der Waals surface area contributed by atoms with Gasteiger partial charge in [0, 0.05) is 17.5 Å². The molecule has 0 N–H and O–H groups in total. The summed E-state index contributed by atoms with van der Waals surface area (Å²) in [4.78, 5) is 0. The maximum atomic E-state index is 11.6. The van der Waals surface area contributed by atoms with Crippen LogP contribution in [0.15, 0.2) is 12.0 Å². The zero-order valence-electron chi connectivity index (χ0n) is 8.57. The molecule has 0 aromatic rings. The zero-order chi connectivity index (χ0) is 10.4. The van der Waals surface area contributed by atoms with Crippen LogP contribution in [-0.4, -0.2) is 24.8 Å². The molecule has 80 valence electrons. The average Bonchev–Trinajstić information content (AvgIpc) is 2.12. The summed E-state index contributed by atoms with van der Waals surface area (Å²) in [5, 5.41) is 1.07. The van der Waals surface area contributed by atoms with Crippen LogP contribution < -0.4 is 0 Å². The lowest BCUT2D eigenvalue weighted by molar-refractivity contribution is -0.0288. The highest BCUT2D eigenvalue weighted by molar-refractivity contribution is 7.92. The number of nitrogens with zero attached hydrogens (tertiary/aromatic N) is 1. The van der Waals surface area contributed by atoms with Crippen molar-refractivity contribution in [3.05, 3.63) is 12.0 Å². The third kappa shape index (κ3) is 1.24. The molecule has 2 rings (SSSR count). The molecule has 1 aliphatic carbocycles. The van der Waals surface area contributed by atoms with Crippen LogP contribution in [0.25, 0.3) is 0 Å². The molecule has 14 heavy (non-hydrogen) atoms. The second kappa shape index (κ2) is 3.07. The molecule has 0 aromatic heterocycles. The van der Waals surface area contributed by atoms with E-state index in [-0.39, 0.29) is 5.54 Å². The molecule has 0 unspecified atom stereocenters. The SMILES string of the molecule is C=CS(=O)(=O)N1C[C@@H]2CCCC[C@@]21C. The summed E-state index contributed by atoms with van der Waals surface area (Å²) in [6.45, 7) is 6.14. The van der Waals surface area contributed by atoms with Crippen molar-refractivity contribution in [1.29, 1.82) is 0 Å². The summed E-state index contributed by atoms with van der Waals surface area (Å²) in [5.74, 6) is 0.575. The van der Waals surface area contributed by atoms with Gasteiger partial charge in [0.15, 0.2) is 0 Å². The number of fused-ring (bicyclic) bond motifs is 1. The fourth-order valence-corrected chi connectivity index (χ4v) is 4.18. The lowest BCUT2D eigenvalue weighted by Crippen LogP contribution is -2.67. The van der Waals surface area contributed by atoms with Crippen LogP contribution in [0.1, 0.15) is 32.6 Å². The standard InChI is InChI=1S/C10H17NO2S/c1-3-14(12,13)11-8-9-6-4-5-7-10(9,11)2/h3,9H,1,4-8H2,2H3/t9-,10-/m0/s1. The third-order valence-corrected chi connectivity index (χ3v) is 5.44. The van der Waals surface area contributed by atoms with Gasteiger partial charge < -0.3 is 0 Å². The molecule has 1 heterocycles. The Balaban J connectivity index is 2.23. The Hall–Kier alpha value is -0.350. The monoisotopic (exact) mass is 215 g/mol. The van der Waals surface area contributed by atoms with Gasteiger partial charge >= 0.3 is 0 Å². The lowest BCUT2D eigenvalue weighted by Gasteiger charge is -2.58. The largest absolute Gasteiger partial charge is 0.236 e. The van der Waals surface area contributed by atoms with Crippen LogP contribution in [0, 0.1) is 5.92 Å². The highest BCUT2D eigenvalue weighted by atomic mass is 32.2. The summed E-state index contributed by atoms with van der Waals surface area (Å²) in [6, 6.07) is 0. The van der Waals surface area contributed by atoms with Gasteiger partial charge in [0.2, 0.25) is 10.0 Å². The van der Waals surface area contributed by atoms with E-state index >= 15 is 0 Å². The van der Waals surface area contributed by atoms with Gasteiger partial charge in [-0.3, -0.25) is 0 Å². The summed E-state index contributed by atoms with van der Waals surface area (Å²) >= 11 is 0. The molecule has 2 atom stereocenters. The molecule has 1 saturated carbocycles. The van der Waals surface area contributed by atoms with E-state index in [0.29, 0.717) is 12.5 Å². The van der Waals surface area contributed by atoms with Crippen molar-refractivity contribution in [2.45, 2.75) is 38.1 Å². The molecule has 2 fully saturated rings. The maximum absolute atomic E-state index is 11.6. The summed E-state index contributed by atoms with van der Waals surface area (Å²) in [5.41, 5.74) is -0.106. The topological polar surface area (TPSA) is 37.4 Å². The van der Waals surface area contributed by atoms with E-state index in [9.17, 15) is 8.42 Å². The van der Waals surface area contributed by atoms with Gasteiger partial charge in [-0.25, -0.2) is 8.42 Å². The highest BCUT2D eigenvalue weighted by Crippen LogP contribution is 2.48. The molecular formula is C10H17NO2S. The molecule has 0 bridgehead atoms. The molecule has 0 spiro atoms. The number of hydrogen-bond donors (Lipinski definition) is 0. The number of hydrogen-bond acceptors (Lipinski definition) is 2. The van der Waals surface area contributed by atoms with E-state index in [1.54, 1.807) is 4.31 Å². The minimum Gasteiger partial charge on any atom is -0.208 e. The molecule has 0 amide bonds. The number of rotatable bonds is 2. The van der Waals surface area contributed by atoms with Crippen molar-refractivity contribution in [2.75, 3.05) is 6.54 Å². The summed E-state index contributed by atoms with van der Waals surface area (Å²) < 4.78 is 24.9. The zero-order valence-corrected chi connectivity index (χ0v) is 9.39. The van der Waals surface area contributed by atoms with Crippen LogP contribution in [0.5, 0.6) is 0 Å². The van der Waals surface area contributed by atoms with E-state index in [1.165, 1.54) is 12.8 Å². The van der Waals surface area contributed by atoms with Gasteiger partial charge in [-0.15, -0.1) is 0 Å². The minimum absolute atomic E-state index is 0.106.